The summed E-state index contributed by atoms with van der Waals surface area (Å²) in [6, 6.07) is 9.97. The predicted octanol–water partition coefficient (Wildman–Crippen LogP) is 2.73. The second kappa shape index (κ2) is 4.64. The lowest BCUT2D eigenvalue weighted by molar-refractivity contribution is 1.23. The van der Waals surface area contributed by atoms with Crippen LogP contribution in [-0.4, -0.2) is 24.9 Å². The Morgan fingerprint density at radius 2 is 1.90 bits per heavy atom. The highest BCUT2D eigenvalue weighted by molar-refractivity contribution is 7.21. The van der Waals surface area contributed by atoms with Crippen LogP contribution in [0.25, 0.3) is 32.3 Å². The molecule has 0 aliphatic heterocycles. The third-order valence-corrected chi connectivity index (χ3v) is 4.11. The van der Waals surface area contributed by atoms with Gasteiger partial charge in [-0.15, -0.1) is 0 Å². The van der Waals surface area contributed by atoms with Gasteiger partial charge in [0.25, 0.3) is 0 Å². The lowest BCUT2D eigenvalue weighted by atomic mass is 10.1. The summed E-state index contributed by atoms with van der Waals surface area (Å²) in [6.45, 7) is 0. The van der Waals surface area contributed by atoms with E-state index >= 15 is 0 Å². The van der Waals surface area contributed by atoms with E-state index in [1.807, 2.05) is 30.3 Å². The molecule has 0 saturated carbocycles. The summed E-state index contributed by atoms with van der Waals surface area (Å²) in [6.07, 6.45) is 3.11. The Hall–Kier alpha value is -2.80. The molecule has 0 unspecified atom stereocenters. The molecular formula is C14H10N6S. The van der Waals surface area contributed by atoms with E-state index in [2.05, 4.69) is 24.9 Å². The van der Waals surface area contributed by atoms with Crippen LogP contribution >= 0.6 is 11.3 Å². The Morgan fingerprint density at radius 3 is 2.71 bits per heavy atom. The molecule has 0 spiro atoms. The summed E-state index contributed by atoms with van der Waals surface area (Å²) in [5.74, 6) is 0.392. The van der Waals surface area contributed by atoms with E-state index in [1.165, 1.54) is 17.7 Å². The number of aromatic nitrogens is 5. The van der Waals surface area contributed by atoms with Crippen molar-refractivity contribution in [3.63, 3.8) is 0 Å². The van der Waals surface area contributed by atoms with Gasteiger partial charge in [-0.1, -0.05) is 41.7 Å². The van der Waals surface area contributed by atoms with Gasteiger partial charge in [0.1, 0.15) is 27.4 Å². The standard InChI is InChI=1S/C14H10N6S/c15-12-11-13(19-7-18-12)21-14(20-11)10-9(16-6-17-10)8-4-2-1-3-5-8/h1-7H,(H,16,17)(H2,15,18,19). The number of benzene rings is 1. The topological polar surface area (TPSA) is 93.4 Å². The molecule has 0 aliphatic rings. The molecule has 102 valence electrons. The van der Waals surface area contributed by atoms with Crippen LogP contribution in [0, 0.1) is 0 Å². The van der Waals surface area contributed by atoms with E-state index in [0.717, 1.165) is 26.8 Å². The fourth-order valence-electron chi connectivity index (χ4n) is 2.15. The maximum Gasteiger partial charge on any atom is 0.154 e. The van der Waals surface area contributed by atoms with Crippen LogP contribution in [0.5, 0.6) is 0 Å². The number of thiazole rings is 1. The molecule has 1 aromatic carbocycles. The summed E-state index contributed by atoms with van der Waals surface area (Å²) in [5, 5.41) is 0.800. The summed E-state index contributed by atoms with van der Waals surface area (Å²) in [4.78, 5) is 21.0. The molecule has 3 N–H and O–H groups in total. The van der Waals surface area contributed by atoms with Gasteiger partial charge in [0.2, 0.25) is 0 Å². The number of aromatic amines is 1. The van der Waals surface area contributed by atoms with E-state index < -0.39 is 0 Å². The van der Waals surface area contributed by atoms with Crippen LogP contribution in [0.15, 0.2) is 43.0 Å². The van der Waals surface area contributed by atoms with Gasteiger partial charge in [0.15, 0.2) is 5.82 Å². The zero-order valence-corrected chi connectivity index (χ0v) is 11.6. The number of nitrogen functional groups attached to an aromatic ring is 1. The average molecular weight is 294 g/mol. The van der Waals surface area contributed by atoms with Crippen molar-refractivity contribution in [1.29, 1.82) is 0 Å². The van der Waals surface area contributed by atoms with Crippen molar-refractivity contribution in [2.24, 2.45) is 0 Å². The third kappa shape index (κ3) is 1.95. The number of nitrogens with two attached hydrogens (primary N) is 1. The van der Waals surface area contributed by atoms with Gasteiger partial charge in [-0.3, -0.25) is 0 Å². The van der Waals surface area contributed by atoms with Gasteiger partial charge >= 0.3 is 0 Å². The normalized spacial score (nSPS) is 11.0. The molecule has 0 radical (unpaired) electrons. The Labute approximate surface area is 123 Å². The molecule has 6 nitrogen and oxygen atoms in total. The van der Waals surface area contributed by atoms with Crippen molar-refractivity contribution >= 4 is 27.5 Å². The maximum atomic E-state index is 5.84. The first kappa shape index (κ1) is 12.0. The largest absolute Gasteiger partial charge is 0.382 e. The summed E-state index contributed by atoms with van der Waals surface area (Å²) < 4.78 is 0. The number of rotatable bonds is 2. The van der Waals surface area contributed by atoms with Gasteiger partial charge in [-0.25, -0.2) is 19.9 Å². The predicted molar refractivity (Wildman–Crippen MR) is 82.6 cm³/mol. The average Bonchev–Trinajstić information content (AvgIpc) is 3.15. The molecule has 0 fully saturated rings. The Kier molecular flexibility index (Phi) is 2.65. The van der Waals surface area contributed by atoms with Crippen LogP contribution in [0.2, 0.25) is 0 Å². The summed E-state index contributed by atoms with van der Waals surface area (Å²) in [7, 11) is 0. The van der Waals surface area contributed by atoms with E-state index in [4.69, 9.17) is 5.73 Å². The number of fused-ring (bicyclic) bond motifs is 1. The van der Waals surface area contributed by atoms with Crippen LogP contribution in [-0.2, 0) is 0 Å². The smallest absolute Gasteiger partial charge is 0.154 e. The number of hydrogen-bond donors (Lipinski definition) is 2. The lowest BCUT2D eigenvalue weighted by Gasteiger charge is -1.99. The Morgan fingerprint density at radius 1 is 1.05 bits per heavy atom. The number of hydrogen-bond acceptors (Lipinski definition) is 6. The zero-order chi connectivity index (χ0) is 14.2. The van der Waals surface area contributed by atoms with E-state index in [-0.39, 0.29) is 0 Å². The third-order valence-electron chi connectivity index (χ3n) is 3.12. The SMILES string of the molecule is Nc1ncnc2sc(-c3[nH]cnc3-c3ccccc3)nc12. The number of nitrogens with zero attached hydrogens (tertiary/aromatic N) is 4. The highest BCUT2D eigenvalue weighted by atomic mass is 32.1. The Balaban J connectivity index is 1.90. The van der Waals surface area contributed by atoms with E-state index in [1.54, 1.807) is 6.33 Å². The monoisotopic (exact) mass is 294 g/mol. The Bertz CT molecular complexity index is 912. The maximum absolute atomic E-state index is 5.84. The first-order valence-electron chi connectivity index (χ1n) is 6.29. The quantitative estimate of drug-likeness (QED) is 0.593. The van der Waals surface area contributed by atoms with Gasteiger partial charge in [0.05, 0.1) is 12.0 Å². The molecule has 7 heteroatoms. The number of nitrogens with one attached hydrogen (secondary N) is 1. The van der Waals surface area contributed by atoms with Crippen molar-refractivity contribution in [3.8, 4) is 22.0 Å². The molecule has 0 bridgehead atoms. The van der Waals surface area contributed by atoms with Crippen LogP contribution in [0.4, 0.5) is 5.82 Å². The molecule has 0 atom stereocenters. The molecule has 0 aliphatic carbocycles. The fourth-order valence-corrected chi connectivity index (χ4v) is 3.07. The second-order valence-corrected chi connectivity index (χ2v) is 5.40. The molecule has 4 aromatic rings. The first-order chi connectivity index (χ1) is 10.3. The van der Waals surface area contributed by atoms with Crippen LogP contribution < -0.4 is 5.73 Å². The molecule has 0 saturated heterocycles. The zero-order valence-electron chi connectivity index (χ0n) is 10.8. The second-order valence-electron chi connectivity index (χ2n) is 4.42. The molecule has 3 aromatic heterocycles. The minimum absolute atomic E-state index is 0.392. The van der Waals surface area contributed by atoms with Crippen molar-refractivity contribution in [3.05, 3.63) is 43.0 Å². The number of imidazole rings is 1. The molecule has 0 amide bonds. The number of H-pyrrole nitrogens is 1. The van der Waals surface area contributed by atoms with Gasteiger partial charge < -0.3 is 10.7 Å². The van der Waals surface area contributed by atoms with Crippen molar-refractivity contribution < 1.29 is 0 Å². The van der Waals surface area contributed by atoms with Crippen molar-refractivity contribution in [2.45, 2.75) is 0 Å². The molecular weight excluding hydrogens is 284 g/mol. The first-order valence-corrected chi connectivity index (χ1v) is 7.11. The number of anilines is 1. The van der Waals surface area contributed by atoms with Gasteiger partial charge in [0, 0.05) is 5.56 Å². The minimum atomic E-state index is 0.392. The highest BCUT2D eigenvalue weighted by Gasteiger charge is 2.16. The van der Waals surface area contributed by atoms with Crippen molar-refractivity contribution in [1.82, 2.24) is 24.9 Å². The van der Waals surface area contributed by atoms with Crippen LogP contribution in [0.3, 0.4) is 0 Å². The van der Waals surface area contributed by atoms with E-state index in [9.17, 15) is 0 Å². The highest BCUT2D eigenvalue weighted by Crippen LogP contribution is 2.34. The minimum Gasteiger partial charge on any atom is -0.382 e. The lowest BCUT2D eigenvalue weighted by Crippen LogP contribution is -1.91. The van der Waals surface area contributed by atoms with Gasteiger partial charge in [-0.05, 0) is 0 Å². The fraction of sp³-hybridized carbons (Fsp3) is 0. The van der Waals surface area contributed by atoms with Crippen molar-refractivity contribution in [2.75, 3.05) is 5.73 Å². The summed E-state index contributed by atoms with van der Waals surface area (Å²) >= 11 is 1.46. The van der Waals surface area contributed by atoms with Gasteiger partial charge in [-0.2, -0.15) is 0 Å². The van der Waals surface area contributed by atoms with Crippen LogP contribution in [0.1, 0.15) is 0 Å². The molecule has 4 rings (SSSR count). The summed E-state index contributed by atoms with van der Waals surface area (Å²) in [5.41, 5.74) is 9.23. The van der Waals surface area contributed by atoms with E-state index in [0.29, 0.717) is 11.3 Å². The molecule has 21 heavy (non-hydrogen) atoms. The molecule has 3 heterocycles.